The highest BCUT2D eigenvalue weighted by Crippen LogP contribution is 2.06. The van der Waals surface area contributed by atoms with Crippen molar-refractivity contribution in [3.8, 4) is 0 Å². The van der Waals surface area contributed by atoms with Crippen molar-refractivity contribution in [3.05, 3.63) is 6.20 Å². The van der Waals surface area contributed by atoms with E-state index in [0.717, 1.165) is 0 Å². The van der Waals surface area contributed by atoms with Crippen molar-refractivity contribution in [3.63, 3.8) is 0 Å². The maximum absolute atomic E-state index is 5.03. The fourth-order valence-electron chi connectivity index (χ4n) is 0.272. The second kappa shape index (κ2) is 1.38. The lowest BCUT2D eigenvalue weighted by Gasteiger charge is -1.72. The van der Waals surface area contributed by atoms with Gasteiger partial charge in [0.1, 0.15) is 0 Å². The van der Waals surface area contributed by atoms with E-state index in [1.165, 1.54) is 6.20 Å². The standard InChI is InChI=1S/C3H3N2OS/c4-3-5-1-2(7)6-3/h1H,(H2,4,5). The Morgan fingerprint density at radius 2 is 2.57 bits per heavy atom. The summed E-state index contributed by atoms with van der Waals surface area (Å²) in [4.78, 5) is 3.52. The molecule has 0 unspecified atom stereocenters. The normalized spacial score (nSPS) is 9.14. The Balaban J connectivity index is 3.04. The van der Waals surface area contributed by atoms with Crippen molar-refractivity contribution in [1.29, 1.82) is 0 Å². The summed E-state index contributed by atoms with van der Waals surface area (Å²) in [5.41, 5.74) is 5.03. The molecule has 1 rings (SSSR count). The zero-order chi connectivity index (χ0) is 5.28. The van der Waals surface area contributed by atoms with Gasteiger partial charge in [0.2, 0.25) is 5.09 Å². The number of oxazole rings is 1. The second-order valence-electron chi connectivity index (χ2n) is 1.02. The van der Waals surface area contributed by atoms with Crippen LogP contribution in [-0.2, 0) is 0 Å². The highest BCUT2D eigenvalue weighted by molar-refractivity contribution is 7.80. The average molecular weight is 115 g/mol. The van der Waals surface area contributed by atoms with Crippen molar-refractivity contribution in [2.75, 3.05) is 5.73 Å². The Hall–Kier alpha value is -0.770. The quantitative estimate of drug-likeness (QED) is 0.544. The molecular weight excluding hydrogens is 112 g/mol. The molecule has 0 bridgehead atoms. The fourth-order valence-corrected chi connectivity index (χ4v) is 0.410. The minimum absolute atomic E-state index is 0.130. The van der Waals surface area contributed by atoms with Crippen LogP contribution in [0.2, 0.25) is 0 Å². The largest absolute Gasteiger partial charge is 0.412 e. The van der Waals surface area contributed by atoms with Crippen LogP contribution in [0.1, 0.15) is 0 Å². The van der Waals surface area contributed by atoms with Gasteiger partial charge < -0.3 is 10.2 Å². The lowest BCUT2D eigenvalue weighted by molar-refractivity contribution is 0.491. The van der Waals surface area contributed by atoms with E-state index in [2.05, 4.69) is 22.0 Å². The Morgan fingerprint density at radius 1 is 1.86 bits per heavy atom. The van der Waals surface area contributed by atoms with Crippen LogP contribution in [0.5, 0.6) is 0 Å². The van der Waals surface area contributed by atoms with Gasteiger partial charge in [0, 0.05) is 0 Å². The molecule has 0 aromatic carbocycles. The Labute approximate surface area is 45.9 Å². The van der Waals surface area contributed by atoms with E-state index in [1.54, 1.807) is 0 Å². The van der Waals surface area contributed by atoms with Gasteiger partial charge in [0.25, 0.3) is 6.01 Å². The zero-order valence-electron chi connectivity index (χ0n) is 3.42. The number of rotatable bonds is 0. The fraction of sp³-hybridized carbons (Fsp3) is 0. The van der Waals surface area contributed by atoms with Crippen LogP contribution in [0.4, 0.5) is 6.01 Å². The first-order chi connectivity index (χ1) is 3.29. The van der Waals surface area contributed by atoms with Crippen molar-refractivity contribution in [2.24, 2.45) is 0 Å². The molecule has 0 aliphatic rings. The minimum atomic E-state index is 0.130. The smallest absolute Gasteiger partial charge is 0.293 e. The molecule has 1 radical (unpaired) electrons. The van der Waals surface area contributed by atoms with Crippen molar-refractivity contribution < 1.29 is 4.42 Å². The molecule has 1 heterocycles. The summed E-state index contributed by atoms with van der Waals surface area (Å²) in [5.74, 6) is 0. The van der Waals surface area contributed by atoms with Crippen molar-refractivity contribution >= 4 is 18.6 Å². The number of anilines is 1. The zero-order valence-corrected chi connectivity index (χ0v) is 4.23. The van der Waals surface area contributed by atoms with Gasteiger partial charge in [0.05, 0.1) is 6.20 Å². The van der Waals surface area contributed by atoms with Gasteiger partial charge >= 0.3 is 0 Å². The van der Waals surface area contributed by atoms with Crippen LogP contribution in [0.15, 0.2) is 15.7 Å². The Morgan fingerprint density at radius 3 is 2.71 bits per heavy atom. The first kappa shape index (κ1) is 4.39. The molecule has 0 saturated heterocycles. The van der Waals surface area contributed by atoms with Gasteiger partial charge in [-0.05, 0) is 12.6 Å². The van der Waals surface area contributed by atoms with Gasteiger partial charge in [0.15, 0.2) is 0 Å². The SMILES string of the molecule is Nc1ncc([S])o1. The van der Waals surface area contributed by atoms with Crippen LogP contribution >= 0.6 is 12.6 Å². The molecule has 1 aromatic heterocycles. The predicted octanol–water partition coefficient (Wildman–Crippen LogP) is 0.813. The van der Waals surface area contributed by atoms with Gasteiger partial charge in [-0.25, -0.2) is 4.98 Å². The molecular formula is C3H3N2OS. The number of nitrogen functional groups attached to an aromatic ring is 1. The van der Waals surface area contributed by atoms with E-state index in [0.29, 0.717) is 5.09 Å². The summed E-state index contributed by atoms with van der Waals surface area (Å²) < 4.78 is 4.56. The number of nitrogens with zero attached hydrogens (tertiary/aromatic N) is 1. The maximum atomic E-state index is 5.03. The van der Waals surface area contributed by atoms with E-state index in [-0.39, 0.29) is 6.01 Å². The van der Waals surface area contributed by atoms with Gasteiger partial charge in [-0.15, -0.1) is 0 Å². The number of hydrogen-bond acceptors (Lipinski definition) is 3. The molecule has 3 nitrogen and oxygen atoms in total. The molecule has 0 amide bonds. The molecule has 0 atom stereocenters. The maximum Gasteiger partial charge on any atom is 0.293 e. The first-order valence-corrected chi connectivity index (χ1v) is 2.08. The van der Waals surface area contributed by atoms with E-state index in [9.17, 15) is 0 Å². The molecule has 7 heavy (non-hydrogen) atoms. The number of aromatic nitrogens is 1. The van der Waals surface area contributed by atoms with Crippen LogP contribution in [-0.4, -0.2) is 4.98 Å². The Bertz CT molecular complexity index is 145. The van der Waals surface area contributed by atoms with E-state index >= 15 is 0 Å². The summed E-state index contributed by atoms with van der Waals surface area (Å²) in [6.45, 7) is 0. The molecule has 0 aliphatic heterocycles. The van der Waals surface area contributed by atoms with Crippen LogP contribution < -0.4 is 5.73 Å². The van der Waals surface area contributed by atoms with E-state index < -0.39 is 0 Å². The summed E-state index contributed by atoms with van der Waals surface area (Å²) in [5, 5.41) is 0.331. The Kier molecular flexibility index (Phi) is 0.867. The highest BCUT2D eigenvalue weighted by Gasteiger charge is 1.90. The van der Waals surface area contributed by atoms with Gasteiger partial charge in [-0.3, -0.25) is 0 Å². The number of hydrogen-bond donors (Lipinski definition) is 1. The topological polar surface area (TPSA) is 52.0 Å². The lowest BCUT2D eigenvalue weighted by atomic mass is 11.0. The number of nitrogens with two attached hydrogens (primary N) is 1. The molecule has 0 aliphatic carbocycles. The summed E-state index contributed by atoms with van der Waals surface area (Å²) in [7, 11) is 0. The van der Waals surface area contributed by atoms with E-state index in [4.69, 9.17) is 5.73 Å². The monoisotopic (exact) mass is 115 g/mol. The summed E-state index contributed by atoms with van der Waals surface area (Å²) in [6.07, 6.45) is 1.39. The molecule has 0 spiro atoms. The molecule has 1 aromatic rings. The van der Waals surface area contributed by atoms with Gasteiger partial charge in [-0.2, -0.15) is 0 Å². The van der Waals surface area contributed by atoms with Crippen LogP contribution in [0.25, 0.3) is 0 Å². The van der Waals surface area contributed by atoms with Crippen LogP contribution in [0.3, 0.4) is 0 Å². The lowest BCUT2D eigenvalue weighted by Crippen LogP contribution is -1.79. The molecule has 4 heteroatoms. The minimum Gasteiger partial charge on any atom is -0.412 e. The summed E-state index contributed by atoms with van der Waals surface area (Å²) in [6, 6.07) is 0.130. The predicted molar refractivity (Wildman–Crippen MR) is 26.8 cm³/mol. The average Bonchev–Trinajstić information content (AvgIpc) is 1.87. The highest BCUT2D eigenvalue weighted by atomic mass is 32.1. The van der Waals surface area contributed by atoms with E-state index in [1.807, 2.05) is 0 Å². The van der Waals surface area contributed by atoms with Crippen molar-refractivity contribution in [2.45, 2.75) is 5.09 Å². The van der Waals surface area contributed by atoms with Crippen molar-refractivity contribution in [1.82, 2.24) is 4.98 Å². The molecule has 37 valence electrons. The molecule has 2 N–H and O–H groups in total. The third-order valence-electron chi connectivity index (χ3n) is 0.502. The third kappa shape index (κ3) is 0.806. The summed E-state index contributed by atoms with van der Waals surface area (Å²) >= 11 is 4.52. The molecule has 0 fully saturated rings. The molecule has 0 saturated carbocycles. The second-order valence-corrected chi connectivity index (χ2v) is 1.42. The third-order valence-corrected chi connectivity index (χ3v) is 0.691. The van der Waals surface area contributed by atoms with Crippen LogP contribution in [0, 0.1) is 0 Å². The van der Waals surface area contributed by atoms with Gasteiger partial charge in [-0.1, -0.05) is 0 Å². The first-order valence-electron chi connectivity index (χ1n) is 1.67.